The van der Waals surface area contributed by atoms with E-state index in [4.69, 9.17) is 5.73 Å². The maximum absolute atomic E-state index is 5.74. The lowest BCUT2D eigenvalue weighted by molar-refractivity contribution is 0.784. The monoisotopic (exact) mass is 244 g/mol. The molecule has 1 aromatic carbocycles. The molecule has 0 aliphatic heterocycles. The van der Waals surface area contributed by atoms with E-state index in [1.54, 1.807) is 0 Å². The van der Waals surface area contributed by atoms with Crippen molar-refractivity contribution in [2.24, 2.45) is 5.73 Å². The largest absolute Gasteiger partial charge is 0.323 e. The molecule has 0 radical (unpaired) electrons. The summed E-state index contributed by atoms with van der Waals surface area (Å²) >= 11 is 0. The number of hydrogen-bond acceptors (Lipinski definition) is 2. The zero-order chi connectivity index (χ0) is 9.26. The van der Waals surface area contributed by atoms with E-state index >= 15 is 0 Å². The molecular weight excluding hydrogens is 231 g/mol. The Balaban J connectivity index is 0.000000980. The highest BCUT2D eigenvalue weighted by Crippen LogP contribution is 2.15. The molecule has 0 saturated carbocycles. The number of pyridine rings is 1. The summed E-state index contributed by atoms with van der Waals surface area (Å²) in [5.41, 5.74) is 6.69. The lowest BCUT2D eigenvalue weighted by atomic mass is 10.1. The van der Waals surface area contributed by atoms with Gasteiger partial charge in [0.25, 0.3) is 0 Å². The molecule has 2 aromatic rings. The van der Waals surface area contributed by atoms with Gasteiger partial charge in [0.2, 0.25) is 0 Å². The zero-order valence-electron chi connectivity index (χ0n) is 8.38. The molecule has 0 fully saturated rings. The predicted octanol–water partition coefficient (Wildman–Crippen LogP) is 3.10. The smallest absolute Gasteiger partial charge is 0.0574 e. The molecule has 4 heteroatoms. The second-order valence-corrected chi connectivity index (χ2v) is 3.24. The summed E-state index contributed by atoms with van der Waals surface area (Å²) in [6.45, 7) is 1.94. The van der Waals surface area contributed by atoms with Crippen molar-refractivity contribution in [3.8, 4) is 0 Å². The van der Waals surface area contributed by atoms with Gasteiger partial charge in [0, 0.05) is 17.6 Å². The van der Waals surface area contributed by atoms with Crippen LogP contribution in [0.3, 0.4) is 0 Å². The predicted molar refractivity (Wildman–Crippen MR) is 68.8 cm³/mol. The molecule has 1 atom stereocenters. The van der Waals surface area contributed by atoms with Gasteiger partial charge < -0.3 is 5.73 Å². The summed E-state index contributed by atoms with van der Waals surface area (Å²) in [5.74, 6) is 0. The zero-order valence-corrected chi connectivity index (χ0v) is 10.0. The van der Waals surface area contributed by atoms with Gasteiger partial charge in [0.1, 0.15) is 0 Å². The van der Waals surface area contributed by atoms with Crippen molar-refractivity contribution in [1.82, 2.24) is 4.98 Å². The maximum atomic E-state index is 5.74. The van der Waals surface area contributed by atoms with Gasteiger partial charge >= 0.3 is 0 Å². The standard InChI is InChI=1S/C11H12N2.2ClH/c1-8(12)11-6-9-4-2-3-5-10(9)7-13-11;;/h2-8H,12H2,1H3;2*1H. The molecule has 1 unspecified atom stereocenters. The van der Waals surface area contributed by atoms with Crippen LogP contribution in [0.25, 0.3) is 10.8 Å². The van der Waals surface area contributed by atoms with E-state index in [0.29, 0.717) is 0 Å². The molecule has 0 aliphatic carbocycles. The lowest BCUT2D eigenvalue weighted by Gasteiger charge is -2.05. The third kappa shape index (κ3) is 3.06. The Labute approximate surface area is 102 Å². The Morgan fingerprint density at radius 2 is 1.73 bits per heavy atom. The van der Waals surface area contributed by atoms with Gasteiger partial charge in [-0.1, -0.05) is 24.3 Å². The van der Waals surface area contributed by atoms with Crippen molar-refractivity contribution in [2.75, 3.05) is 0 Å². The fraction of sp³-hybridized carbons (Fsp3) is 0.182. The van der Waals surface area contributed by atoms with Gasteiger partial charge in [-0.3, -0.25) is 4.98 Å². The van der Waals surface area contributed by atoms with E-state index in [2.05, 4.69) is 11.1 Å². The Bertz CT molecular complexity index is 430. The van der Waals surface area contributed by atoms with Gasteiger partial charge in [-0.2, -0.15) is 0 Å². The third-order valence-electron chi connectivity index (χ3n) is 2.12. The molecule has 1 heterocycles. The first-order valence-corrected chi connectivity index (χ1v) is 4.37. The van der Waals surface area contributed by atoms with Crippen LogP contribution >= 0.6 is 24.8 Å². The van der Waals surface area contributed by atoms with E-state index in [1.807, 2.05) is 37.4 Å². The first-order valence-electron chi connectivity index (χ1n) is 4.37. The summed E-state index contributed by atoms with van der Waals surface area (Å²) in [7, 11) is 0. The van der Waals surface area contributed by atoms with Crippen molar-refractivity contribution in [1.29, 1.82) is 0 Å². The second kappa shape index (κ2) is 5.91. The first kappa shape index (κ1) is 14.2. The molecular formula is C11H14Cl2N2. The molecule has 82 valence electrons. The molecule has 2 nitrogen and oxygen atoms in total. The minimum Gasteiger partial charge on any atom is -0.323 e. The van der Waals surface area contributed by atoms with Crippen LogP contribution in [-0.4, -0.2) is 4.98 Å². The number of benzene rings is 1. The fourth-order valence-corrected chi connectivity index (χ4v) is 1.35. The molecule has 0 amide bonds. The van der Waals surface area contributed by atoms with Gasteiger partial charge in [-0.15, -0.1) is 24.8 Å². The topological polar surface area (TPSA) is 38.9 Å². The molecule has 0 aliphatic rings. The number of hydrogen-bond donors (Lipinski definition) is 1. The average Bonchev–Trinajstić information content (AvgIpc) is 2.17. The minimum atomic E-state index is 0. The van der Waals surface area contributed by atoms with Crippen molar-refractivity contribution in [2.45, 2.75) is 13.0 Å². The highest BCUT2D eigenvalue weighted by molar-refractivity contribution is 5.85. The van der Waals surface area contributed by atoms with Crippen LogP contribution in [0.5, 0.6) is 0 Å². The molecule has 1 aromatic heterocycles. The van der Waals surface area contributed by atoms with Crippen LogP contribution < -0.4 is 5.73 Å². The molecule has 2 rings (SSSR count). The quantitative estimate of drug-likeness (QED) is 0.838. The van der Waals surface area contributed by atoms with Crippen LogP contribution in [0.1, 0.15) is 18.7 Å². The number of rotatable bonds is 1. The fourth-order valence-electron chi connectivity index (χ4n) is 1.35. The molecule has 0 saturated heterocycles. The van der Waals surface area contributed by atoms with Crippen molar-refractivity contribution in [3.05, 3.63) is 42.2 Å². The van der Waals surface area contributed by atoms with Gasteiger partial charge in [-0.05, 0) is 18.4 Å². The summed E-state index contributed by atoms with van der Waals surface area (Å²) in [5, 5.41) is 2.36. The van der Waals surface area contributed by atoms with E-state index in [0.717, 1.165) is 11.1 Å². The SMILES string of the molecule is CC(N)c1cc2ccccc2cn1.Cl.Cl. The normalized spacial score (nSPS) is 11.3. The Hall–Kier alpha value is -0.830. The Morgan fingerprint density at radius 1 is 1.13 bits per heavy atom. The van der Waals surface area contributed by atoms with E-state index in [9.17, 15) is 0 Å². The maximum Gasteiger partial charge on any atom is 0.0574 e. The number of aromatic nitrogens is 1. The summed E-state index contributed by atoms with van der Waals surface area (Å²) in [4.78, 5) is 4.28. The van der Waals surface area contributed by atoms with Crippen LogP contribution in [0.2, 0.25) is 0 Å². The van der Waals surface area contributed by atoms with Crippen LogP contribution in [0, 0.1) is 0 Å². The van der Waals surface area contributed by atoms with Crippen molar-refractivity contribution in [3.63, 3.8) is 0 Å². The van der Waals surface area contributed by atoms with E-state index in [1.165, 1.54) is 5.39 Å². The van der Waals surface area contributed by atoms with E-state index in [-0.39, 0.29) is 30.9 Å². The van der Waals surface area contributed by atoms with Crippen molar-refractivity contribution < 1.29 is 0 Å². The van der Waals surface area contributed by atoms with Crippen LogP contribution in [-0.2, 0) is 0 Å². The molecule has 15 heavy (non-hydrogen) atoms. The number of nitrogens with zero attached hydrogens (tertiary/aromatic N) is 1. The molecule has 0 spiro atoms. The highest BCUT2D eigenvalue weighted by atomic mass is 35.5. The summed E-state index contributed by atoms with van der Waals surface area (Å²) in [6.07, 6.45) is 1.87. The first-order chi connectivity index (χ1) is 6.27. The highest BCUT2D eigenvalue weighted by Gasteiger charge is 2.01. The lowest BCUT2D eigenvalue weighted by Crippen LogP contribution is -2.06. The third-order valence-corrected chi connectivity index (χ3v) is 2.12. The Morgan fingerprint density at radius 3 is 2.33 bits per heavy atom. The number of fused-ring (bicyclic) bond motifs is 1. The summed E-state index contributed by atoms with van der Waals surface area (Å²) in [6, 6.07) is 10.2. The number of halogens is 2. The van der Waals surface area contributed by atoms with Crippen LogP contribution in [0.15, 0.2) is 36.5 Å². The average molecular weight is 245 g/mol. The van der Waals surface area contributed by atoms with Crippen LogP contribution in [0.4, 0.5) is 0 Å². The van der Waals surface area contributed by atoms with Crippen molar-refractivity contribution >= 4 is 35.6 Å². The van der Waals surface area contributed by atoms with E-state index < -0.39 is 0 Å². The number of nitrogens with two attached hydrogens (primary N) is 1. The molecule has 2 N–H and O–H groups in total. The summed E-state index contributed by atoms with van der Waals surface area (Å²) < 4.78 is 0. The van der Waals surface area contributed by atoms with Gasteiger partial charge in [0.15, 0.2) is 0 Å². The second-order valence-electron chi connectivity index (χ2n) is 3.24. The molecule has 0 bridgehead atoms. The minimum absolute atomic E-state index is 0. The van der Waals surface area contributed by atoms with Gasteiger partial charge in [-0.25, -0.2) is 0 Å². The van der Waals surface area contributed by atoms with Gasteiger partial charge in [0.05, 0.1) is 5.69 Å². The Kier molecular flexibility index (Phi) is 5.58.